The van der Waals surface area contributed by atoms with Crippen LogP contribution in [0.3, 0.4) is 0 Å². The maximum atomic E-state index is 13.2. The molecule has 180 valence electrons. The first-order chi connectivity index (χ1) is 15.9. The van der Waals surface area contributed by atoms with Crippen molar-refractivity contribution in [3.05, 3.63) is 63.8 Å². The lowest BCUT2D eigenvalue weighted by atomic mass is 10.0. The molecule has 0 aliphatic heterocycles. The fourth-order valence-corrected chi connectivity index (χ4v) is 3.55. The molecule has 0 saturated heterocycles. The van der Waals surface area contributed by atoms with Crippen LogP contribution in [0.2, 0.25) is 0 Å². The van der Waals surface area contributed by atoms with Crippen LogP contribution >= 0.6 is 15.9 Å². The Balaban J connectivity index is 0.000000273. The number of aryl methyl sites for hydroxylation is 2. The topological polar surface area (TPSA) is 41.8 Å². The number of anilines is 1. The van der Waals surface area contributed by atoms with Crippen LogP contribution in [-0.2, 0) is 12.8 Å². The highest BCUT2D eigenvalue weighted by atomic mass is 79.9. The second-order valence-corrected chi connectivity index (χ2v) is 8.65. The van der Waals surface area contributed by atoms with Crippen LogP contribution in [0.4, 0.5) is 14.5 Å². The molecule has 1 aromatic heterocycles. The molecular weight excluding hydrogens is 482 g/mol. The Kier molecular flexibility index (Phi) is 14.2. The van der Waals surface area contributed by atoms with E-state index in [-0.39, 0.29) is 11.6 Å². The van der Waals surface area contributed by atoms with Gasteiger partial charge in [-0.05, 0) is 83.6 Å². The number of H-pyrrole nitrogens is 1. The van der Waals surface area contributed by atoms with Gasteiger partial charge in [0.25, 0.3) is 0 Å². The molecule has 3 aromatic rings. The van der Waals surface area contributed by atoms with E-state index in [0.29, 0.717) is 10.2 Å². The van der Waals surface area contributed by atoms with E-state index in [9.17, 15) is 8.78 Å². The Morgan fingerprint density at radius 2 is 1.39 bits per heavy atom. The number of hydrogen-bond acceptors (Lipinski definition) is 1. The Morgan fingerprint density at radius 1 is 0.818 bits per heavy atom. The van der Waals surface area contributed by atoms with Gasteiger partial charge in [0.1, 0.15) is 11.6 Å². The molecule has 0 bridgehead atoms. The standard InChI is InChI=1S/C14H18FN.C8H14.C6H5BrFN/c1-3-5-11-12-9-10(15)7-8-14(12)16-13(11)6-4-2;1-3-5-7-8-6-4-2;7-5-3-4(8)1-2-6(5)9/h7-9,16H,3-6H2,1-2H3;3-6H2,1-2H3;1-3H,9H2. The summed E-state index contributed by atoms with van der Waals surface area (Å²) in [5.41, 5.74) is 9.58. The van der Waals surface area contributed by atoms with Gasteiger partial charge in [-0.3, -0.25) is 0 Å². The van der Waals surface area contributed by atoms with Crippen molar-refractivity contribution in [2.45, 2.75) is 79.1 Å². The molecular formula is C28H37BrF2N2. The van der Waals surface area contributed by atoms with Crippen molar-refractivity contribution in [1.29, 1.82) is 0 Å². The van der Waals surface area contributed by atoms with E-state index in [1.807, 2.05) is 6.07 Å². The minimum Gasteiger partial charge on any atom is -0.398 e. The minimum absolute atomic E-state index is 0.146. The quantitative estimate of drug-likeness (QED) is 0.248. The van der Waals surface area contributed by atoms with E-state index >= 15 is 0 Å². The summed E-state index contributed by atoms with van der Waals surface area (Å²) < 4.78 is 26.1. The molecule has 0 radical (unpaired) electrons. The predicted molar refractivity (Wildman–Crippen MR) is 142 cm³/mol. The first kappa shape index (κ1) is 28.7. The third-order valence-electron chi connectivity index (χ3n) is 4.79. The lowest BCUT2D eigenvalue weighted by molar-refractivity contribution is 0.627. The van der Waals surface area contributed by atoms with E-state index in [1.54, 1.807) is 6.07 Å². The summed E-state index contributed by atoms with van der Waals surface area (Å²) >= 11 is 3.08. The molecule has 0 aliphatic carbocycles. The van der Waals surface area contributed by atoms with Gasteiger partial charge in [-0.15, -0.1) is 11.8 Å². The van der Waals surface area contributed by atoms with E-state index < -0.39 is 0 Å². The van der Waals surface area contributed by atoms with E-state index in [1.165, 1.54) is 48.4 Å². The van der Waals surface area contributed by atoms with Gasteiger partial charge in [0.2, 0.25) is 0 Å². The average Bonchev–Trinajstić information content (AvgIpc) is 3.12. The first-order valence-corrected chi connectivity index (χ1v) is 12.6. The average molecular weight is 520 g/mol. The van der Waals surface area contributed by atoms with Crippen molar-refractivity contribution in [1.82, 2.24) is 4.98 Å². The largest absolute Gasteiger partial charge is 0.398 e. The summed E-state index contributed by atoms with van der Waals surface area (Å²) in [7, 11) is 0. The molecule has 1 heterocycles. The molecule has 0 spiro atoms. The fourth-order valence-electron chi connectivity index (χ4n) is 3.20. The van der Waals surface area contributed by atoms with E-state index in [4.69, 9.17) is 5.73 Å². The molecule has 0 aliphatic rings. The maximum absolute atomic E-state index is 13.2. The molecule has 5 heteroatoms. The molecule has 0 saturated carbocycles. The Morgan fingerprint density at radius 3 is 1.91 bits per heavy atom. The predicted octanol–water partition coefficient (Wildman–Crippen LogP) is 8.97. The van der Waals surface area contributed by atoms with Crippen LogP contribution in [0.5, 0.6) is 0 Å². The number of benzene rings is 2. The monoisotopic (exact) mass is 518 g/mol. The van der Waals surface area contributed by atoms with Gasteiger partial charge in [0, 0.05) is 39.6 Å². The molecule has 2 aromatic carbocycles. The molecule has 3 rings (SSSR count). The third kappa shape index (κ3) is 10.4. The summed E-state index contributed by atoms with van der Waals surface area (Å²) in [5.74, 6) is 5.74. The van der Waals surface area contributed by atoms with Gasteiger partial charge in [0.05, 0.1) is 0 Å². The Labute approximate surface area is 206 Å². The van der Waals surface area contributed by atoms with E-state index in [0.717, 1.165) is 49.4 Å². The molecule has 2 nitrogen and oxygen atoms in total. The smallest absolute Gasteiger partial charge is 0.124 e. The highest BCUT2D eigenvalue weighted by Crippen LogP contribution is 2.25. The summed E-state index contributed by atoms with van der Waals surface area (Å²) in [6.45, 7) is 8.64. The van der Waals surface area contributed by atoms with Gasteiger partial charge in [-0.2, -0.15) is 0 Å². The summed E-state index contributed by atoms with van der Waals surface area (Å²) in [6.07, 6.45) is 8.81. The van der Waals surface area contributed by atoms with Gasteiger partial charge >= 0.3 is 0 Å². The van der Waals surface area contributed by atoms with Crippen molar-refractivity contribution >= 4 is 32.5 Å². The number of hydrogen-bond donors (Lipinski definition) is 2. The minimum atomic E-state index is -0.281. The SMILES string of the molecule is CCCC#CCCC.CCCc1[nH]c2ccc(F)cc2c1CCC.Nc1ccc(F)cc1Br. The van der Waals surface area contributed by atoms with Crippen molar-refractivity contribution in [2.24, 2.45) is 0 Å². The fraction of sp³-hybridized carbons (Fsp3) is 0.429. The highest BCUT2D eigenvalue weighted by molar-refractivity contribution is 9.10. The van der Waals surface area contributed by atoms with Crippen molar-refractivity contribution in [3.8, 4) is 11.8 Å². The summed E-state index contributed by atoms with van der Waals surface area (Å²) in [4.78, 5) is 3.41. The number of nitrogens with one attached hydrogen (secondary N) is 1. The zero-order valence-corrected chi connectivity index (χ0v) is 21.9. The molecule has 0 fully saturated rings. The Hall–Kier alpha value is -2.32. The lowest BCUT2D eigenvalue weighted by Crippen LogP contribution is -1.91. The molecule has 3 N–H and O–H groups in total. The van der Waals surface area contributed by atoms with Gasteiger partial charge in [-0.1, -0.05) is 40.5 Å². The number of nitrogens with two attached hydrogens (primary N) is 1. The van der Waals surface area contributed by atoms with Crippen molar-refractivity contribution in [3.63, 3.8) is 0 Å². The molecule has 0 unspecified atom stereocenters. The number of nitrogen functional groups attached to an aromatic ring is 1. The first-order valence-electron chi connectivity index (χ1n) is 11.8. The van der Waals surface area contributed by atoms with Crippen LogP contribution in [0.15, 0.2) is 40.9 Å². The second kappa shape index (κ2) is 16.3. The van der Waals surface area contributed by atoms with Crippen LogP contribution in [-0.4, -0.2) is 4.98 Å². The number of halogens is 3. The van der Waals surface area contributed by atoms with Gasteiger partial charge < -0.3 is 10.7 Å². The van der Waals surface area contributed by atoms with Crippen LogP contribution < -0.4 is 5.73 Å². The van der Waals surface area contributed by atoms with Gasteiger partial charge in [-0.25, -0.2) is 8.78 Å². The van der Waals surface area contributed by atoms with Gasteiger partial charge in [0.15, 0.2) is 0 Å². The van der Waals surface area contributed by atoms with E-state index in [2.05, 4.69) is 60.4 Å². The molecule has 0 amide bonds. The number of fused-ring (bicyclic) bond motifs is 1. The number of unbranched alkanes of at least 4 members (excludes halogenated alkanes) is 2. The molecule has 0 atom stereocenters. The molecule has 33 heavy (non-hydrogen) atoms. The number of aromatic nitrogens is 1. The van der Waals surface area contributed by atoms with Crippen molar-refractivity contribution < 1.29 is 8.78 Å². The van der Waals surface area contributed by atoms with Crippen LogP contribution in [0.1, 0.15) is 77.5 Å². The maximum Gasteiger partial charge on any atom is 0.124 e. The lowest BCUT2D eigenvalue weighted by Gasteiger charge is -2.01. The highest BCUT2D eigenvalue weighted by Gasteiger charge is 2.10. The van der Waals surface area contributed by atoms with Crippen LogP contribution in [0, 0.1) is 23.5 Å². The Bertz CT molecular complexity index is 1020. The zero-order valence-electron chi connectivity index (χ0n) is 20.3. The summed E-state index contributed by atoms with van der Waals surface area (Å²) in [5, 5.41) is 1.06. The second-order valence-electron chi connectivity index (χ2n) is 7.79. The zero-order chi connectivity index (χ0) is 24.6. The van der Waals surface area contributed by atoms with Crippen molar-refractivity contribution in [2.75, 3.05) is 5.73 Å². The normalized spacial score (nSPS) is 9.91. The third-order valence-corrected chi connectivity index (χ3v) is 5.48. The van der Waals surface area contributed by atoms with Crippen LogP contribution in [0.25, 0.3) is 10.9 Å². The summed E-state index contributed by atoms with van der Waals surface area (Å²) in [6, 6.07) is 9.16. The number of rotatable bonds is 6. The number of aromatic amines is 1.